The van der Waals surface area contributed by atoms with Crippen LogP contribution in [0.2, 0.25) is 0 Å². The summed E-state index contributed by atoms with van der Waals surface area (Å²) in [5.41, 5.74) is 11.2. The summed E-state index contributed by atoms with van der Waals surface area (Å²) in [6, 6.07) is 19.1. The molecule has 1 aromatic heterocycles. The molecule has 0 atom stereocenters. The molecule has 0 spiro atoms. The number of nitrogen functional groups attached to an aromatic ring is 1. The van der Waals surface area contributed by atoms with Gasteiger partial charge in [-0.15, -0.1) is 0 Å². The summed E-state index contributed by atoms with van der Waals surface area (Å²) >= 11 is 0. The predicted octanol–water partition coefficient (Wildman–Crippen LogP) is 4.61. The van der Waals surface area contributed by atoms with Gasteiger partial charge in [0.25, 0.3) is 0 Å². The lowest BCUT2D eigenvalue weighted by Gasteiger charge is -2.11. The number of nitriles is 1. The Morgan fingerprint density at radius 3 is 2.32 bits per heavy atom. The van der Waals surface area contributed by atoms with Gasteiger partial charge >= 0.3 is 5.97 Å². The lowest BCUT2D eigenvalue weighted by molar-refractivity contribution is 0.0601. The Morgan fingerprint density at radius 2 is 1.75 bits per heavy atom. The minimum atomic E-state index is -0.408. The largest absolute Gasteiger partial charge is 0.465 e. The van der Waals surface area contributed by atoms with Gasteiger partial charge in [-0.2, -0.15) is 5.26 Å². The van der Waals surface area contributed by atoms with Crippen LogP contribution in [0.1, 0.15) is 34.8 Å². The van der Waals surface area contributed by atoms with Crippen LogP contribution in [0.4, 0.5) is 5.82 Å². The van der Waals surface area contributed by atoms with Crippen LogP contribution in [0.3, 0.4) is 0 Å². The Bertz CT molecular complexity index is 1030. The number of nitrogens with zero attached hydrogens (tertiary/aromatic N) is 2. The van der Waals surface area contributed by atoms with Crippen LogP contribution in [-0.2, 0) is 11.2 Å². The SMILES string of the molecule is CCCc1ccc(-c2cc(-c3ccc(C(=O)OC)cc3)c(C#N)c(N)n2)cc1. The summed E-state index contributed by atoms with van der Waals surface area (Å²) in [7, 11) is 1.34. The van der Waals surface area contributed by atoms with Crippen molar-refractivity contribution in [3.05, 3.63) is 71.3 Å². The second-order valence-corrected chi connectivity index (χ2v) is 6.44. The molecule has 2 aromatic carbocycles. The smallest absolute Gasteiger partial charge is 0.337 e. The molecular formula is C23H21N3O2. The molecule has 140 valence electrons. The van der Waals surface area contributed by atoms with Crippen molar-refractivity contribution in [3.8, 4) is 28.5 Å². The predicted molar refractivity (Wildman–Crippen MR) is 110 cm³/mol. The summed E-state index contributed by atoms with van der Waals surface area (Å²) < 4.78 is 4.73. The number of anilines is 1. The molecule has 0 bridgehead atoms. The molecule has 0 aliphatic heterocycles. The number of benzene rings is 2. The number of hydrogen-bond donors (Lipinski definition) is 1. The molecule has 5 heteroatoms. The number of methoxy groups -OCH3 is 1. The van der Waals surface area contributed by atoms with Crippen LogP contribution < -0.4 is 5.73 Å². The van der Waals surface area contributed by atoms with E-state index in [0.717, 1.165) is 24.0 Å². The summed E-state index contributed by atoms with van der Waals surface area (Å²) in [5.74, 6) is -0.223. The van der Waals surface area contributed by atoms with E-state index in [1.54, 1.807) is 24.3 Å². The van der Waals surface area contributed by atoms with Gasteiger partial charge in [-0.1, -0.05) is 49.7 Å². The summed E-state index contributed by atoms with van der Waals surface area (Å²) in [4.78, 5) is 16.1. The fourth-order valence-corrected chi connectivity index (χ4v) is 3.09. The number of nitrogens with two attached hydrogens (primary N) is 1. The number of esters is 1. The molecule has 1 heterocycles. The standard InChI is InChI=1S/C23H21N3O2/c1-3-4-15-5-7-17(8-6-15)21-13-19(20(14-24)22(25)26-21)16-9-11-18(12-10-16)23(27)28-2/h5-13H,3-4H2,1-2H3,(H2,25,26). The normalized spacial score (nSPS) is 10.3. The van der Waals surface area contributed by atoms with E-state index in [1.165, 1.54) is 12.7 Å². The van der Waals surface area contributed by atoms with Crippen molar-refractivity contribution in [1.29, 1.82) is 5.26 Å². The van der Waals surface area contributed by atoms with Gasteiger partial charge in [-0.3, -0.25) is 0 Å². The van der Waals surface area contributed by atoms with E-state index in [4.69, 9.17) is 10.5 Å². The maximum atomic E-state index is 11.6. The van der Waals surface area contributed by atoms with Crippen molar-refractivity contribution >= 4 is 11.8 Å². The number of carbonyl (C=O) groups is 1. The van der Waals surface area contributed by atoms with E-state index in [0.29, 0.717) is 22.4 Å². The zero-order valence-corrected chi connectivity index (χ0v) is 15.9. The molecule has 2 N–H and O–H groups in total. The van der Waals surface area contributed by atoms with Crippen LogP contribution in [-0.4, -0.2) is 18.1 Å². The highest BCUT2D eigenvalue weighted by Crippen LogP contribution is 2.31. The van der Waals surface area contributed by atoms with Gasteiger partial charge in [0.2, 0.25) is 0 Å². The quantitative estimate of drug-likeness (QED) is 0.662. The average Bonchev–Trinajstić information content (AvgIpc) is 2.73. The van der Waals surface area contributed by atoms with E-state index < -0.39 is 5.97 Å². The first-order chi connectivity index (χ1) is 13.6. The summed E-state index contributed by atoms with van der Waals surface area (Å²) in [6.07, 6.45) is 2.12. The van der Waals surface area contributed by atoms with E-state index in [9.17, 15) is 10.1 Å². The lowest BCUT2D eigenvalue weighted by Crippen LogP contribution is -2.02. The van der Waals surface area contributed by atoms with Gasteiger partial charge in [0, 0.05) is 11.1 Å². The highest BCUT2D eigenvalue weighted by molar-refractivity contribution is 5.90. The molecule has 3 aromatic rings. The average molecular weight is 371 g/mol. The maximum Gasteiger partial charge on any atom is 0.337 e. The molecule has 28 heavy (non-hydrogen) atoms. The first-order valence-corrected chi connectivity index (χ1v) is 9.06. The van der Waals surface area contributed by atoms with Crippen LogP contribution in [0.5, 0.6) is 0 Å². The number of carbonyl (C=O) groups excluding carboxylic acids is 1. The third-order valence-corrected chi connectivity index (χ3v) is 4.56. The number of aromatic nitrogens is 1. The van der Waals surface area contributed by atoms with E-state index in [2.05, 4.69) is 30.1 Å². The first-order valence-electron chi connectivity index (χ1n) is 9.06. The highest BCUT2D eigenvalue weighted by Gasteiger charge is 2.14. The molecule has 0 saturated heterocycles. The molecule has 0 aliphatic carbocycles. The van der Waals surface area contributed by atoms with Crippen LogP contribution >= 0.6 is 0 Å². The number of pyridine rings is 1. The number of rotatable bonds is 5. The second-order valence-electron chi connectivity index (χ2n) is 6.44. The topological polar surface area (TPSA) is 89.0 Å². The van der Waals surface area contributed by atoms with E-state index >= 15 is 0 Å². The Balaban J connectivity index is 2.05. The number of hydrogen-bond acceptors (Lipinski definition) is 5. The van der Waals surface area contributed by atoms with E-state index in [-0.39, 0.29) is 5.82 Å². The van der Waals surface area contributed by atoms with Crippen LogP contribution in [0.25, 0.3) is 22.4 Å². The molecule has 0 amide bonds. The van der Waals surface area contributed by atoms with Crippen molar-refractivity contribution in [2.75, 3.05) is 12.8 Å². The minimum Gasteiger partial charge on any atom is -0.465 e. The molecule has 0 saturated carbocycles. The van der Waals surface area contributed by atoms with Gasteiger partial charge in [-0.05, 0) is 35.7 Å². The third kappa shape index (κ3) is 3.86. The van der Waals surface area contributed by atoms with E-state index in [1.807, 2.05) is 18.2 Å². The molecule has 3 rings (SSSR count). The summed E-state index contributed by atoms with van der Waals surface area (Å²) in [6.45, 7) is 2.15. The molecule has 0 aliphatic rings. The fraction of sp³-hybridized carbons (Fsp3) is 0.174. The van der Waals surface area contributed by atoms with Gasteiger partial charge in [0.1, 0.15) is 17.5 Å². The van der Waals surface area contributed by atoms with Crippen LogP contribution in [0.15, 0.2) is 54.6 Å². The second kappa shape index (κ2) is 8.36. The van der Waals surface area contributed by atoms with Crippen molar-refractivity contribution in [3.63, 3.8) is 0 Å². The number of ether oxygens (including phenoxy) is 1. The number of aryl methyl sites for hydroxylation is 1. The van der Waals surface area contributed by atoms with Gasteiger partial charge in [0.05, 0.1) is 18.4 Å². The van der Waals surface area contributed by atoms with Crippen molar-refractivity contribution in [2.24, 2.45) is 0 Å². The Labute approximate surface area is 164 Å². The zero-order chi connectivity index (χ0) is 20.1. The molecule has 0 unspecified atom stereocenters. The van der Waals surface area contributed by atoms with Gasteiger partial charge in [0.15, 0.2) is 0 Å². The Morgan fingerprint density at radius 1 is 1.11 bits per heavy atom. The van der Waals surface area contributed by atoms with Crippen LogP contribution in [0, 0.1) is 11.3 Å². The molecular weight excluding hydrogens is 350 g/mol. The van der Waals surface area contributed by atoms with Gasteiger partial charge in [-0.25, -0.2) is 9.78 Å². The lowest BCUT2D eigenvalue weighted by atomic mass is 9.97. The molecule has 0 fully saturated rings. The molecule has 0 radical (unpaired) electrons. The Kier molecular flexibility index (Phi) is 5.71. The minimum absolute atomic E-state index is 0.185. The van der Waals surface area contributed by atoms with Crippen molar-refractivity contribution < 1.29 is 9.53 Å². The maximum absolute atomic E-state index is 11.6. The Hall–Kier alpha value is -3.65. The summed E-state index contributed by atoms with van der Waals surface area (Å²) in [5, 5.41) is 9.55. The molecule has 5 nitrogen and oxygen atoms in total. The van der Waals surface area contributed by atoms with Crippen molar-refractivity contribution in [2.45, 2.75) is 19.8 Å². The monoisotopic (exact) mass is 371 g/mol. The fourth-order valence-electron chi connectivity index (χ4n) is 3.09. The first kappa shape index (κ1) is 19.1. The van der Waals surface area contributed by atoms with Gasteiger partial charge < -0.3 is 10.5 Å². The zero-order valence-electron chi connectivity index (χ0n) is 15.9. The third-order valence-electron chi connectivity index (χ3n) is 4.56. The highest BCUT2D eigenvalue weighted by atomic mass is 16.5. The van der Waals surface area contributed by atoms with Crippen molar-refractivity contribution in [1.82, 2.24) is 4.98 Å².